The highest BCUT2D eigenvalue weighted by molar-refractivity contribution is 6.30. The smallest absolute Gasteiger partial charge is 0.234 e. The molecule has 1 atom stereocenters. The average Bonchev–Trinajstić information content (AvgIpc) is 2.69. The molecule has 2 heterocycles. The van der Waals surface area contributed by atoms with Gasteiger partial charge in [0.05, 0.1) is 25.8 Å². The van der Waals surface area contributed by atoms with E-state index >= 15 is 0 Å². The maximum Gasteiger partial charge on any atom is 0.234 e. The van der Waals surface area contributed by atoms with Gasteiger partial charge in [-0.3, -0.25) is 14.5 Å². The first-order valence-electron chi connectivity index (χ1n) is 9.66. The summed E-state index contributed by atoms with van der Waals surface area (Å²) in [4.78, 5) is 29.0. The number of carbonyl (C=O) groups excluding carboxylic acids is 2. The predicted octanol–water partition coefficient (Wildman–Crippen LogP) is 2.09. The number of nitrogens with one attached hydrogen (secondary N) is 1. The number of likely N-dealkylation sites (tertiary alicyclic amines) is 1. The Labute approximate surface area is 165 Å². The number of hydrogen-bond acceptors (Lipinski definition) is 4. The maximum absolute atomic E-state index is 12.6. The van der Waals surface area contributed by atoms with E-state index < -0.39 is 0 Å². The van der Waals surface area contributed by atoms with Crippen LogP contribution in [0.3, 0.4) is 0 Å². The van der Waals surface area contributed by atoms with Crippen LogP contribution in [-0.2, 0) is 14.3 Å². The van der Waals surface area contributed by atoms with Crippen molar-refractivity contribution in [2.75, 3.05) is 45.9 Å². The van der Waals surface area contributed by atoms with Gasteiger partial charge in [0.2, 0.25) is 11.8 Å². The fourth-order valence-electron chi connectivity index (χ4n) is 3.70. The Hall–Kier alpha value is -1.63. The predicted molar refractivity (Wildman–Crippen MR) is 105 cm³/mol. The van der Waals surface area contributed by atoms with Gasteiger partial charge >= 0.3 is 0 Å². The minimum atomic E-state index is -0.0600. The van der Waals surface area contributed by atoms with Crippen LogP contribution in [0.1, 0.15) is 31.4 Å². The monoisotopic (exact) mass is 393 g/mol. The van der Waals surface area contributed by atoms with Gasteiger partial charge in [0.1, 0.15) is 0 Å². The van der Waals surface area contributed by atoms with Crippen molar-refractivity contribution in [3.63, 3.8) is 0 Å². The highest BCUT2D eigenvalue weighted by Gasteiger charge is 2.30. The standard InChI is InChI=1S/C20H28ClN3O3/c1-15(16-2-4-18(21)5-3-16)22-19(25)14-23-8-6-17(7-9-23)20(26)24-10-12-27-13-11-24/h2-5,15,17H,6-14H2,1H3,(H,22,25). The third-order valence-corrected chi connectivity index (χ3v) is 5.63. The number of morpholine rings is 1. The van der Waals surface area contributed by atoms with Gasteiger partial charge in [-0.05, 0) is 50.6 Å². The molecule has 148 valence electrons. The summed E-state index contributed by atoms with van der Waals surface area (Å²) in [5.41, 5.74) is 1.03. The first-order valence-corrected chi connectivity index (χ1v) is 10.0. The van der Waals surface area contributed by atoms with E-state index in [4.69, 9.17) is 16.3 Å². The molecule has 0 spiro atoms. The molecule has 0 saturated carbocycles. The summed E-state index contributed by atoms with van der Waals surface area (Å²) in [5, 5.41) is 3.72. The molecule has 0 aliphatic carbocycles. The molecule has 0 radical (unpaired) electrons. The van der Waals surface area contributed by atoms with E-state index in [1.807, 2.05) is 36.1 Å². The molecular weight excluding hydrogens is 366 g/mol. The second-order valence-electron chi connectivity index (χ2n) is 7.33. The number of benzene rings is 1. The maximum atomic E-state index is 12.6. The third kappa shape index (κ3) is 5.67. The number of halogens is 1. The van der Waals surface area contributed by atoms with E-state index in [1.165, 1.54) is 0 Å². The molecule has 7 heteroatoms. The summed E-state index contributed by atoms with van der Waals surface area (Å²) in [5.74, 6) is 0.338. The summed E-state index contributed by atoms with van der Waals surface area (Å²) in [6.07, 6.45) is 1.63. The second-order valence-corrected chi connectivity index (χ2v) is 7.77. The molecule has 2 aliphatic heterocycles. The molecule has 2 amide bonds. The third-order valence-electron chi connectivity index (χ3n) is 5.37. The molecule has 0 aromatic heterocycles. The van der Waals surface area contributed by atoms with Crippen LogP contribution < -0.4 is 5.32 Å². The molecule has 2 fully saturated rings. The van der Waals surface area contributed by atoms with Crippen LogP contribution in [0, 0.1) is 5.92 Å². The van der Waals surface area contributed by atoms with Crippen LogP contribution >= 0.6 is 11.6 Å². The number of amides is 2. The topological polar surface area (TPSA) is 61.9 Å². The number of nitrogens with zero attached hydrogens (tertiary/aromatic N) is 2. The summed E-state index contributed by atoms with van der Waals surface area (Å²) >= 11 is 5.91. The van der Waals surface area contributed by atoms with Crippen LogP contribution in [-0.4, -0.2) is 67.6 Å². The minimum absolute atomic E-state index is 0.00964. The summed E-state index contributed by atoms with van der Waals surface area (Å²) in [6, 6.07) is 7.45. The molecule has 2 aliphatic rings. The Kier molecular flexibility index (Phi) is 7.10. The lowest BCUT2D eigenvalue weighted by Crippen LogP contribution is -2.48. The van der Waals surface area contributed by atoms with E-state index in [0.29, 0.717) is 37.9 Å². The largest absolute Gasteiger partial charge is 0.378 e. The number of hydrogen-bond donors (Lipinski definition) is 1. The van der Waals surface area contributed by atoms with Crippen molar-refractivity contribution in [1.82, 2.24) is 15.1 Å². The van der Waals surface area contributed by atoms with Crippen molar-refractivity contribution < 1.29 is 14.3 Å². The lowest BCUT2D eigenvalue weighted by atomic mass is 9.95. The second kappa shape index (κ2) is 9.53. The molecule has 1 aromatic rings. The average molecular weight is 394 g/mol. The van der Waals surface area contributed by atoms with Crippen LogP contribution in [0.4, 0.5) is 0 Å². The fraction of sp³-hybridized carbons (Fsp3) is 0.600. The molecule has 6 nitrogen and oxygen atoms in total. The Morgan fingerprint density at radius 3 is 2.41 bits per heavy atom. The van der Waals surface area contributed by atoms with Gasteiger partial charge in [-0.2, -0.15) is 0 Å². The lowest BCUT2D eigenvalue weighted by molar-refractivity contribution is -0.141. The molecule has 1 N–H and O–H groups in total. The van der Waals surface area contributed by atoms with Crippen LogP contribution in [0.25, 0.3) is 0 Å². The molecule has 1 unspecified atom stereocenters. The Bertz CT molecular complexity index is 638. The minimum Gasteiger partial charge on any atom is -0.378 e. The number of ether oxygens (including phenoxy) is 1. The summed E-state index contributed by atoms with van der Waals surface area (Å²) in [6.45, 7) is 6.57. The normalized spacial score (nSPS) is 20.3. The lowest BCUT2D eigenvalue weighted by Gasteiger charge is -2.35. The van der Waals surface area contributed by atoms with Crippen molar-refractivity contribution in [1.29, 1.82) is 0 Å². The molecule has 3 rings (SSSR count). The molecule has 1 aromatic carbocycles. The highest BCUT2D eigenvalue weighted by Crippen LogP contribution is 2.20. The first kappa shape index (κ1) is 20.1. The zero-order valence-corrected chi connectivity index (χ0v) is 16.6. The van der Waals surface area contributed by atoms with E-state index in [1.54, 1.807) is 0 Å². The zero-order valence-electron chi connectivity index (χ0n) is 15.8. The zero-order chi connectivity index (χ0) is 19.2. The van der Waals surface area contributed by atoms with Gasteiger partial charge in [-0.25, -0.2) is 0 Å². The summed E-state index contributed by atoms with van der Waals surface area (Å²) in [7, 11) is 0. The Morgan fingerprint density at radius 2 is 1.78 bits per heavy atom. The highest BCUT2D eigenvalue weighted by atomic mass is 35.5. The number of rotatable bonds is 5. The number of piperidine rings is 1. The van der Waals surface area contributed by atoms with Gasteiger partial charge < -0.3 is 15.0 Å². The molecule has 2 saturated heterocycles. The quantitative estimate of drug-likeness (QED) is 0.832. The van der Waals surface area contributed by atoms with E-state index in [2.05, 4.69) is 10.2 Å². The van der Waals surface area contributed by atoms with Crippen molar-refractivity contribution in [2.24, 2.45) is 5.92 Å². The fourth-order valence-corrected chi connectivity index (χ4v) is 3.83. The van der Waals surface area contributed by atoms with Gasteiger partial charge in [-0.15, -0.1) is 0 Å². The summed E-state index contributed by atoms with van der Waals surface area (Å²) < 4.78 is 5.31. The van der Waals surface area contributed by atoms with E-state index in [9.17, 15) is 9.59 Å². The number of carbonyl (C=O) groups is 2. The van der Waals surface area contributed by atoms with Crippen LogP contribution in [0.5, 0.6) is 0 Å². The van der Waals surface area contributed by atoms with Crippen molar-refractivity contribution in [3.05, 3.63) is 34.9 Å². The van der Waals surface area contributed by atoms with Crippen LogP contribution in [0.2, 0.25) is 5.02 Å². The molecule has 0 bridgehead atoms. The van der Waals surface area contributed by atoms with E-state index in [0.717, 1.165) is 31.5 Å². The van der Waals surface area contributed by atoms with Gasteiger partial charge in [0, 0.05) is 24.0 Å². The SMILES string of the molecule is CC(NC(=O)CN1CCC(C(=O)N2CCOCC2)CC1)c1ccc(Cl)cc1. The van der Waals surface area contributed by atoms with Crippen molar-refractivity contribution in [3.8, 4) is 0 Å². The Balaban J connectivity index is 1.41. The van der Waals surface area contributed by atoms with Crippen molar-refractivity contribution in [2.45, 2.75) is 25.8 Å². The Morgan fingerprint density at radius 1 is 1.15 bits per heavy atom. The van der Waals surface area contributed by atoms with E-state index in [-0.39, 0.29) is 23.8 Å². The van der Waals surface area contributed by atoms with Gasteiger partial charge in [-0.1, -0.05) is 23.7 Å². The molecular formula is C20H28ClN3O3. The van der Waals surface area contributed by atoms with Gasteiger partial charge in [0.25, 0.3) is 0 Å². The van der Waals surface area contributed by atoms with Crippen LogP contribution in [0.15, 0.2) is 24.3 Å². The van der Waals surface area contributed by atoms with Crippen molar-refractivity contribution >= 4 is 23.4 Å². The first-order chi connectivity index (χ1) is 13.0. The van der Waals surface area contributed by atoms with Gasteiger partial charge in [0.15, 0.2) is 0 Å². The molecule has 27 heavy (non-hydrogen) atoms.